The van der Waals surface area contributed by atoms with E-state index in [4.69, 9.17) is 16.7 Å². The maximum Gasteiger partial charge on any atom is 0.326 e. The number of carboxylic acids is 1. The summed E-state index contributed by atoms with van der Waals surface area (Å²) in [6.07, 6.45) is 1.08. The van der Waals surface area contributed by atoms with Crippen LogP contribution in [0.3, 0.4) is 0 Å². The standard InChI is InChI=1S/C12H12ClFN2O3/c13-8-6-7(3-4-9(8)14)15-12(19)16-5-1-2-10(16)11(17)18/h3-4,6,10H,1-2,5H2,(H,15,19)(H,17,18)/t10-/m0/s1. The van der Waals surface area contributed by atoms with E-state index in [0.29, 0.717) is 25.1 Å². The van der Waals surface area contributed by atoms with E-state index in [1.165, 1.54) is 17.0 Å². The second kappa shape index (κ2) is 5.44. The van der Waals surface area contributed by atoms with E-state index in [1.807, 2.05) is 0 Å². The summed E-state index contributed by atoms with van der Waals surface area (Å²) >= 11 is 5.60. The zero-order valence-electron chi connectivity index (χ0n) is 9.90. The van der Waals surface area contributed by atoms with Crippen molar-refractivity contribution in [1.82, 2.24) is 4.90 Å². The molecule has 5 nitrogen and oxygen atoms in total. The van der Waals surface area contributed by atoms with Crippen molar-refractivity contribution in [2.75, 3.05) is 11.9 Å². The number of likely N-dealkylation sites (tertiary alicyclic amines) is 1. The van der Waals surface area contributed by atoms with Crippen LogP contribution in [0.1, 0.15) is 12.8 Å². The van der Waals surface area contributed by atoms with Gasteiger partial charge in [0.25, 0.3) is 0 Å². The lowest BCUT2D eigenvalue weighted by molar-refractivity contribution is -0.141. The van der Waals surface area contributed by atoms with Gasteiger partial charge in [-0.2, -0.15) is 0 Å². The molecule has 1 fully saturated rings. The van der Waals surface area contributed by atoms with Gasteiger partial charge in [0, 0.05) is 12.2 Å². The van der Waals surface area contributed by atoms with Crippen molar-refractivity contribution < 1.29 is 19.1 Å². The number of nitrogens with zero attached hydrogens (tertiary/aromatic N) is 1. The quantitative estimate of drug-likeness (QED) is 0.878. The number of carbonyl (C=O) groups excluding carboxylic acids is 1. The molecule has 1 aromatic carbocycles. The predicted octanol–water partition coefficient (Wildman–Crippen LogP) is 2.56. The molecule has 1 atom stereocenters. The molecule has 7 heteroatoms. The van der Waals surface area contributed by atoms with Gasteiger partial charge in [-0.15, -0.1) is 0 Å². The van der Waals surface area contributed by atoms with Crippen LogP contribution in [0.2, 0.25) is 5.02 Å². The Bertz CT molecular complexity index is 524. The van der Waals surface area contributed by atoms with Gasteiger partial charge in [0.1, 0.15) is 11.9 Å². The van der Waals surface area contributed by atoms with Gasteiger partial charge in [0.2, 0.25) is 0 Å². The Morgan fingerprint density at radius 2 is 2.21 bits per heavy atom. The highest BCUT2D eigenvalue weighted by molar-refractivity contribution is 6.31. The van der Waals surface area contributed by atoms with E-state index in [-0.39, 0.29) is 5.02 Å². The highest BCUT2D eigenvalue weighted by Gasteiger charge is 2.33. The number of benzene rings is 1. The molecule has 0 aliphatic carbocycles. The summed E-state index contributed by atoms with van der Waals surface area (Å²) in [4.78, 5) is 24.2. The van der Waals surface area contributed by atoms with E-state index < -0.39 is 23.9 Å². The molecule has 0 spiro atoms. The third-order valence-electron chi connectivity index (χ3n) is 2.97. The second-order valence-corrected chi connectivity index (χ2v) is 4.66. The summed E-state index contributed by atoms with van der Waals surface area (Å²) in [7, 11) is 0. The number of rotatable bonds is 2. The third-order valence-corrected chi connectivity index (χ3v) is 3.26. The number of aliphatic carboxylic acids is 1. The molecule has 0 radical (unpaired) electrons. The lowest BCUT2D eigenvalue weighted by Gasteiger charge is -2.21. The molecule has 102 valence electrons. The molecule has 1 saturated heterocycles. The van der Waals surface area contributed by atoms with E-state index in [0.717, 1.165) is 6.07 Å². The van der Waals surface area contributed by atoms with Crippen molar-refractivity contribution in [2.24, 2.45) is 0 Å². The summed E-state index contributed by atoms with van der Waals surface area (Å²) in [6.45, 7) is 0.387. The van der Waals surface area contributed by atoms with E-state index >= 15 is 0 Å². The molecule has 19 heavy (non-hydrogen) atoms. The van der Waals surface area contributed by atoms with Gasteiger partial charge in [-0.05, 0) is 31.0 Å². The Balaban J connectivity index is 2.08. The van der Waals surface area contributed by atoms with Crippen LogP contribution in [0.25, 0.3) is 0 Å². The van der Waals surface area contributed by atoms with E-state index in [2.05, 4.69) is 5.32 Å². The van der Waals surface area contributed by atoms with E-state index in [9.17, 15) is 14.0 Å². The maximum absolute atomic E-state index is 13.0. The number of urea groups is 1. The fraction of sp³-hybridized carbons (Fsp3) is 0.333. The first-order chi connectivity index (χ1) is 8.99. The second-order valence-electron chi connectivity index (χ2n) is 4.25. The van der Waals surface area contributed by atoms with Gasteiger partial charge >= 0.3 is 12.0 Å². The van der Waals surface area contributed by atoms with Crippen LogP contribution >= 0.6 is 11.6 Å². The topological polar surface area (TPSA) is 69.6 Å². The molecule has 1 aromatic rings. The molecule has 1 aliphatic heterocycles. The van der Waals surface area contributed by atoms with Crippen molar-refractivity contribution in [2.45, 2.75) is 18.9 Å². The average molecular weight is 287 g/mol. The maximum atomic E-state index is 13.0. The first-order valence-corrected chi connectivity index (χ1v) is 6.12. The van der Waals surface area contributed by atoms with Gasteiger partial charge < -0.3 is 15.3 Å². The highest BCUT2D eigenvalue weighted by Crippen LogP contribution is 2.22. The number of hydrogen-bond donors (Lipinski definition) is 2. The first kappa shape index (κ1) is 13.6. The van der Waals surface area contributed by atoms with Crippen LogP contribution < -0.4 is 5.32 Å². The average Bonchev–Trinajstić information content (AvgIpc) is 2.83. The fourth-order valence-electron chi connectivity index (χ4n) is 2.04. The van der Waals surface area contributed by atoms with Crippen LogP contribution in [0.4, 0.5) is 14.9 Å². The number of nitrogens with one attached hydrogen (secondary N) is 1. The molecule has 1 heterocycles. The summed E-state index contributed by atoms with van der Waals surface area (Å²) in [5, 5.41) is 11.4. The molecule has 0 bridgehead atoms. The zero-order valence-corrected chi connectivity index (χ0v) is 10.7. The lowest BCUT2D eigenvalue weighted by atomic mass is 10.2. The van der Waals surface area contributed by atoms with Crippen molar-refractivity contribution in [1.29, 1.82) is 0 Å². The molecule has 1 aliphatic rings. The molecule has 0 saturated carbocycles. The van der Waals surface area contributed by atoms with Crippen molar-refractivity contribution in [3.63, 3.8) is 0 Å². The Morgan fingerprint density at radius 1 is 1.47 bits per heavy atom. The summed E-state index contributed by atoms with van der Waals surface area (Å²) in [5.41, 5.74) is 0.326. The van der Waals surface area contributed by atoms with E-state index in [1.54, 1.807) is 0 Å². The minimum Gasteiger partial charge on any atom is -0.480 e. The van der Waals surface area contributed by atoms with Crippen LogP contribution in [0.15, 0.2) is 18.2 Å². The lowest BCUT2D eigenvalue weighted by Crippen LogP contribution is -2.42. The highest BCUT2D eigenvalue weighted by atomic mass is 35.5. The zero-order chi connectivity index (χ0) is 14.0. The summed E-state index contributed by atoms with van der Waals surface area (Å²) < 4.78 is 13.0. The van der Waals surface area contributed by atoms with Crippen LogP contribution in [-0.2, 0) is 4.79 Å². The smallest absolute Gasteiger partial charge is 0.326 e. The summed E-state index contributed by atoms with van der Waals surface area (Å²) in [5.74, 6) is -1.60. The fourth-order valence-corrected chi connectivity index (χ4v) is 2.22. The van der Waals surface area contributed by atoms with Gasteiger partial charge in [-0.25, -0.2) is 14.0 Å². The number of amides is 2. The monoisotopic (exact) mass is 286 g/mol. The Morgan fingerprint density at radius 3 is 2.84 bits per heavy atom. The van der Waals surface area contributed by atoms with Gasteiger partial charge in [0.15, 0.2) is 0 Å². The van der Waals surface area contributed by atoms with Crippen LogP contribution in [0, 0.1) is 5.82 Å². The molecular formula is C12H12ClFN2O3. The molecule has 2 rings (SSSR count). The van der Waals surface area contributed by atoms with Crippen LogP contribution in [0.5, 0.6) is 0 Å². The van der Waals surface area contributed by atoms with Crippen LogP contribution in [-0.4, -0.2) is 34.6 Å². The molecule has 2 N–H and O–H groups in total. The largest absolute Gasteiger partial charge is 0.480 e. The SMILES string of the molecule is O=C(O)[C@@H]1CCCN1C(=O)Nc1ccc(F)c(Cl)c1. The summed E-state index contributed by atoms with van der Waals surface area (Å²) in [6, 6.07) is 2.45. The Kier molecular flexibility index (Phi) is 3.90. The predicted molar refractivity (Wildman–Crippen MR) is 67.8 cm³/mol. The van der Waals surface area contributed by atoms with Gasteiger partial charge in [-0.3, -0.25) is 0 Å². The molecule has 0 aromatic heterocycles. The van der Waals surface area contributed by atoms with Crippen molar-refractivity contribution in [3.8, 4) is 0 Å². The first-order valence-electron chi connectivity index (χ1n) is 5.74. The number of carboxylic acid groups (broad SMARTS) is 1. The molecular weight excluding hydrogens is 275 g/mol. The van der Waals surface area contributed by atoms with Crippen molar-refractivity contribution >= 4 is 29.3 Å². The number of carbonyl (C=O) groups is 2. The van der Waals surface area contributed by atoms with Crippen molar-refractivity contribution in [3.05, 3.63) is 29.0 Å². The molecule has 2 amide bonds. The minimum atomic E-state index is -1.02. The number of halogens is 2. The third kappa shape index (κ3) is 2.96. The number of anilines is 1. The minimum absolute atomic E-state index is 0.103. The van der Waals surface area contributed by atoms with Gasteiger partial charge in [-0.1, -0.05) is 11.6 Å². The van der Waals surface area contributed by atoms with Gasteiger partial charge in [0.05, 0.1) is 5.02 Å². The number of hydrogen-bond acceptors (Lipinski definition) is 2. The molecule has 0 unspecified atom stereocenters. The Hall–Kier alpha value is -1.82. The normalized spacial score (nSPS) is 18.4. The Labute approximate surface area is 114 Å².